The van der Waals surface area contributed by atoms with Crippen LogP contribution in [0.25, 0.3) is 0 Å². The van der Waals surface area contributed by atoms with Gasteiger partial charge in [-0.25, -0.2) is 8.42 Å². The summed E-state index contributed by atoms with van der Waals surface area (Å²) in [4.78, 5) is -0.110. The zero-order valence-corrected chi connectivity index (χ0v) is 13.0. The molecule has 0 unspecified atom stereocenters. The van der Waals surface area contributed by atoms with Crippen LogP contribution in [0.1, 0.15) is 13.3 Å². The number of hydrogen-bond acceptors (Lipinski definition) is 7. The fourth-order valence-corrected chi connectivity index (χ4v) is 4.49. The van der Waals surface area contributed by atoms with E-state index in [2.05, 4.69) is 9.69 Å². The minimum atomic E-state index is -4.30. The minimum absolute atomic E-state index is 0.0273. The van der Waals surface area contributed by atoms with Gasteiger partial charge in [0, 0.05) is 12.3 Å². The van der Waals surface area contributed by atoms with Crippen molar-refractivity contribution in [3.63, 3.8) is 0 Å². The summed E-state index contributed by atoms with van der Waals surface area (Å²) in [7, 11) is -3.56. The van der Waals surface area contributed by atoms with E-state index in [-0.39, 0.29) is 45.5 Å². The summed E-state index contributed by atoms with van der Waals surface area (Å²) in [6.07, 6.45) is 0.418. The molecule has 116 valence electrons. The highest BCUT2D eigenvalue weighted by Gasteiger charge is 2.28. The zero-order chi connectivity index (χ0) is 15.4. The molecule has 0 aliphatic carbocycles. The molecule has 0 bridgehead atoms. The Labute approximate surface area is 123 Å². The molecule has 0 spiro atoms. The summed E-state index contributed by atoms with van der Waals surface area (Å²) in [6.45, 7) is 1.68. The van der Waals surface area contributed by atoms with Gasteiger partial charge < -0.3 is 11.1 Å². The molecule has 1 heterocycles. The van der Waals surface area contributed by atoms with E-state index in [0.29, 0.717) is 6.42 Å². The van der Waals surface area contributed by atoms with Gasteiger partial charge in [-0.2, -0.15) is 17.5 Å². The normalized spacial score (nSPS) is 12.6. The first-order chi connectivity index (χ1) is 9.17. The third kappa shape index (κ3) is 5.02. The lowest BCUT2D eigenvalue weighted by molar-refractivity contribution is -0.0327. The second kappa shape index (κ2) is 6.85. The van der Waals surface area contributed by atoms with Gasteiger partial charge in [0.15, 0.2) is 15.7 Å². The molecule has 0 saturated heterocycles. The number of thioether (sulfide) groups is 1. The first-order valence-electron chi connectivity index (χ1n) is 5.60. The molecule has 0 aliphatic rings. The Bertz CT molecular complexity index is 542. The Kier molecular flexibility index (Phi) is 5.95. The van der Waals surface area contributed by atoms with E-state index in [1.165, 1.54) is 0 Å². The SMILES string of the molecule is CCCS(=O)(=O)c1c(N)nsc1NCCSC(F)(F)F. The van der Waals surface area contributed by atoms with Gasteiger partial charge in [-0.15, -0.1) is 0 Å². The zero-order valence-electron chi connectivity index (χ0n) is 10.5. The molecule has 1 aromatic rings. The van der Waals surface area contributed by atoms with E-state index < -0.39 is 15.3 Å². The number of nitrogens with zero attached hydrogens (tertiary/aromatic N) is 1. The van der Waals surface area contributed by atoms with Crippen molar-refractivity contribution in [1.29, 1.82) is 0 Å². The molecule has 0 amide bonds. The Balaban J connectivity index is 2.73. The fraction of sp³-hybridized carbons (Fsp3) is 0.667. The van der Waals surface area contributed by atoms with Crippen LogP contribution in [0, 0.1) is 0 Å². The van der Waals surface area contributed by atoms with Crippen molar-refractivity contribution >= 4 is 44.0 Å². The van der Waals surface area contributed by atoms with Gasteiger partial charge in [-0.1, -0.05) is 6.92 Å². The molecule has 1 rings (SSSR count). The molecular weight excluding hydrogens is 335 g/mol. The molecule has 0 aliphatic heterocycles. The van der Waals surface area contributed by atoms with Crippen LogP contribution in [-0.4, -0.2) is 36.4 Å². The van der Waals surface area contributed by atoms with Crippen molar-refractivity contribution in [2.45, 2.75) is 23.7 Å². The number of hydrogen-bond donors (Lipinski definition) is 2. The van der Waals surface area contributed by atoms with Gasteiger partial charge in [-0.05, 0) is 29.7 Å². The maximum absolute atomic E-state index is 12.0. The maximum Gasteiger partial charge on any atom is 0.441 e. The van der Waals surface area contributed by atoms with E-state index in [4.69, 9.17) is 5.73 Å². The monoisotopic (exact) mass is 349 g/mol. The fourth-order valence-electron chi connectivity index (χ4n) is 1.41. The quantitative estimate of drug-likeness (QED) is 0.736. The molecule has 11 heteroatoms. The first-order valence-corrected chi connectivity index (χ1v) is 9.01. The number of nitrogen functional groups attached to an aromatic ring is 1. The number of alkyl halides is 3. The van der Waals surface area contributed by atoms with Crippen LogP contribution in [0.4, 0.5) is 24.0 Å². The lowest BCUT2D eigenvalue weighted by Crippen LogP contribution is -2.13. The Hall–Kier alpha value is -0.680. The second-order valence-electron chi connectivity index (χ2n) is 3.77. The summed E-state index contributed by atoms with van der Waals surface area (Å²) in [5.41, 5.74) is 1.23. The van der Waals surface area contributed by atoms with E-state index in [0.717, 1.165) is 11.5 Å². The molecule has 0 saturated carbocycles. The Morgan fingerprint density at radius 2 is 2.10 bits per heavy atom. The van der Waals surface area contributed by atoms with Crippen molar-refractivity contribution < 1.29 is 21.6 Å². The van der Waals surface area contributed by atoms with Gasteiger partial charge in [0.05, 0.1) is 5.75 Å². The number of aromatic nitrogens is 1. The van der Waals surface area contributed by atoms with Gasteiger partial charge in [0.25, 0.3) is 0 Å². The van der Waals surface area contributed by atoms with Crippen LogP contribution in [0.3, 0.4) is 0 Å². The average molecular weight is 349 g/mol. The Morgan fingerprint density at radius 1 is 1.45 bits per heavy atom. The summed E-state index contributed by atoms with van der Waals surface area (Å²) >= 11 is 0.655. The molecule has 0 aromatic carbocycles. The summed E-state index contributed by atoms with van der Waals surface area (Å²) < 4.78 is 63.6. The maximum atomic E-state index is 12.0. The van der Waals surface area contributed by atoms with Crippen LogP contribution in [0.15, 0.2) is 4.90 Å². The van der Waals surface area contributed by atoms with Crippen molar-refractivity contribution in [3.8, 4) is 0 Å². The van der Waals surface area contributed by atoms with Crippen molar-refractivity contribution in [3.05, 3.63) is 0 Å². The second-order valence-corrected chi connectivity index (χ2v) is 7.75. The Morgan fingerprint density at radius 3 is 2.65 bits per heavy atom. The number of halogens is 3. The van der Waals surface area contributed by atoms with E-state index in [9.17, 15) is 21.6 Å². The van der Waals surface area contributed by atoms with Crippen LogP contribution in [0.2, 0.25) is 0 Å². The van der Waals surface area contributed by atoms with E-state index in [1.807, 2.05) is 0 Å². The average Bonchev–Trinajstić information content (AvgIpc) is 2.65. The molecule has 0 radical (unpaired) electrons. The molecule has 20 heavy (non-hydrogen) atoms. The van der Waals surface area contributed by atoms with Gasteiger partial charge in [0.1, 0.15) is 9.90 Å². The van der Waals surface area contributed by atoms with Crippen molar-refractivity contribution in [2.75, 3.05) is 29.1 Å². The summed E-state index contributed by atoms with van der Waals surface area (Å²) in [6, 6.07) is 0. The van der Waals surface area contributed by atoms with Crippen LogP contribution in [0.5, 0.6) is 0 Å². The number of sulfone groups is 1. The highest BCUT2D eigenvalue weighted by atomic mass is 32.2. The van der Waals surface area contributed by atoms with Crippen LogP contribution < -0.4 is 11.1 Å². The van der Waals surface area contributed by atoms with E-state index in [1.54, 1.807) is 6.92 Å². The minimum Gasteiger partial charge on any atom is -0.382 e. The number of anilines is 2. The van der Waals surface area contributed by atoms with Gasteiger partial charge >= 0.3 is 5.51 Å². The predicted molar refractivity (Wildman–Crippen MR) is 75.9 cm³/mol. The van der Waals surface area contributed by atoms with Gasteiger partial charge in [0.2, 0.25) is 0 Å². The number of nitrogens with one attached hydrogen (secondary N) is 1. The number of rotatable bonds is 7. The first kappa shape index (κ1) is 17.4. The highest BCUT2D eigenvalue weighted by Crippen LogP contribution is 2.33. The lowest BCUT2D eigenvalue weighted by atomic mass is 10.6. The van der Waals surface area contributed by atoms with Crippen molar-refractivity contribution in [1.82, 2.24) is 4.37 Å². The molecule has 3 N–H and O–H groups in total. The highest BCUT2D eigenvalue weighted by molar-refractivity contribution is 8.00. The van der Waals surface area contributed by atoms with Gasteiger partial charge in [-0.3, -0.25) is 0 Å². The third-order valence-electron chi connectivity index (χ3n) is 2.11. The summed E-state index contributed by atoms with van der Waals surface area (Å²) in [5, 5.41) is 2.84. The third-order valence-corrected chi connectivity index (χ3v) is 5.78. The largest absolute Gasteiger partial charge is 0.441 e. The predicted octanol–water partition coefficient (Wildman–Crippen LogP) is 2.57. The van der Waals surface area contributed by atoms with Crippen LogP contribution >= 0.6 is 23.3 Å². The number of nitrogens with two attached hydrogens (primary N) is 1. The molecular formula is C9H14F3N3O2S3. The topological polar surface area (TPSA) is 85.1 Å². The van der Waals surface area contributed by atoms with E-state index >= 15 is 0 Å². The lowest BCUT2D eigenvalue weighted by Gasteiger charge is -2.08. The molecule has 1 aromatic heterocycles. The summed E-state index contributed by atoms with van der Waals surface area (Å²) in [5.74, 6) is -0.426. The van der Waals surface area contributed by atoms with Crippen LogP contribution in [-0.2, 0) is 9.84 Å². The molecule has 0 atom stereocenters. The smallest absolute Gasteiger partial charge is 0.382 e. The standard InChI is InChI=1S/C9H14F3N3O2S3/c1-2-5-20(16,17)6-7(13)15-19-8(6)14-3-4-18-9(10,11)12/h14H,2-5H2,1H3,(H2,13,15). The molecule has 5 nitrogen and oxygen atoms in total. The van der Waals surface area contributed by atoms with Crippen molar-refractivity contribution in [2.24, 2.45) is 0 Å². The molecule has 0 fully saturated rings.